The lowest BCUT2D eigenvalue weighted by molar-refractivity contribution is -0.134. The van der Waals surface area contributed by atoms with Crippen molar-refractivity contribution in [2.75, 3.05) is 19.7 Å². The number of carboxylic acid groups (broad SMARTS) is 1. The topological polar surface area (TPSA) is 93.9 Å². The zero-order valence-corrected chi connectivity index (χ0v) is 16.6. The second kappa shape index (κ2) is 7.42. The fraction of sp³-hybridized carbons (Fsp3) is 0.476. The summed E-state index contributed by atoms with van der Waals surface area (Å²) in [4.78, 5) is 25.4. The van der Waals surface area contributed by atoms with Gasteiger partial charge in [-0.15, -0.1) is 0 Å². The number of carbonyl (C=O) groups excluding carboxylic acids is 1. The van der Waals surface area contributed by atoms with Gasteiger partial charge in [0.1, 0.15) is 5.60 Å². The Morgan fingerprint density at radius 2 is 2.07 bits per heavy atom. The molecule has 0 atom stereocenters. The fourth-order valence-corrected chi connectivity index (χ4v) is 3.96. The molecule has 0 saturated carbocycles. The van der Waals surface area contributed by atoms with E-state index < -0.39 is 5.97 Å². The van der Waals surface area contributed by atoms with Gasteiger partial charge < -0.3 is 19.5 Å². The van der Waals surface area contributed by atoms with Gasteiger partial charge in [-0.1, -0.05) is 12.1 Å². The molecule has 3 heterocycles. The molecular weight excluding hydrogens is 374 g/mol. The van der Waals surface area contributed by atoms with Crippen molar-refractivity contribution in [3.63, 3.8) is 0 Å². The molecule has 1 fully saturated rings. The summed E-state index contributed by atoms with van der Waals surface area (Å²) in [5.41, 5.74) is 1.01. The van der Waals surface area contributed by atoms with Crippen molar-refractivity contribution in [3.05, 3.63) is 41.7 Å². The standard InChI is InChI=1S/C21H25N3O5/c1-21(2)10-14-4-3-5-17(19(14)29-21)28-13-18(25)23-8-6-16(7-9-23)24-12-15(11-22-24)20(26)27/h3-5,11-12,16H,6-10,13H2,1-2H3,(H,26,27). The maximum Gasteiger partial charge on any atom is 0.338 e. The molecule has 2 aromatic rings. The molecule has 2 aliphatic rings. The van der Waals surface area contributed by atoms with E-state index in [2.05, 4.69) is 5.10 Å². The quantitative estimate of drug-likeness (QED) is 0.830. The largest absolute Gasteiger partial charge is 0.483 e. The zero-order valence-electron chi connectivity index (χ0n) is 16.6. The van der Waals surface area contributed by atoms with Gasteiger partial charge in [0.15, 0.2) is 18.1 Å². The minimum atomic E-state index is -0.985. The minimum absolute atomic E-state index is 0.0319. The Kier molecular flexibility index (Phi) is 4.94. The van der Waals surface area contributed by atoms with E-state index in [0.29, 0.717) is 18.8 Å². The summed E-state index contributed by atoms with van der Waals surface area (Å²) >= 11 is 0. The third-order valence-corrected chi connectivity index (χ3v) is 5.45. The number of carbonyl (C=O) groups is 2. The number of aromatic nitrogens is 2. The van der Waals surface area contributed by atoms with Crippen LogP contribution in [0.1, 0.15) is 48.7 Å². The number of piperidine rings is 1. The lowest BCUT2D eigenvalue weighted by atomic mass is 10.0. The number of benzene rings is 1. The van der Waals surface area contributed by atoms with E-state index in [0.717, 1.165) is 30.6 Å². The van der Waals surface area contributed by atoms with E-state index >= 15 is 0 Å². The molecule has 1 N–H and O–H groups in total. The highest BCUT2D eigenvalue weighted by Gasteiger charge is 2.32. The second-order valence-electron chi connectivity index (χ2n) is 8.20. The Bertz CT molecular complexity index is 928. The minimum Gasteiger partial charge on any atom is -0.483 e. The van der Waals surface area contributed by atoms with Gasteiger partial charge >= 0.3 is 5.97 Å². The number of hydrogen-bond donors (Lipinski definition) is 1. The summed E-state index contributed by atoms with van der Waals surface area (Å²) < 4.78 is 13.5. The van der Waals surface area contributed by atoms with Crippen LogP contribution in [0.5, 0.6) is 11.5 Å². The molecule has 0 radical (unpaired) electrons. The zero-order chi connectivity index (χ0) is 20.6. The highest BCUT2D eigenvalue weighted by atomic mass is 16.5. The summed E-state index contributed by atoms with van der Waals surface area (Å²) in [6.07, 6.45) is 5.17. The van der Waals surface area contributed by atoms with Crippen molar-refractivity contribution >= 4 is 11.9 Å². The first kappa shape index (κ1) is 19.3. The Morgan fingerprint density at radius 3 is 2.76 bits per heavy atom. The SMILES string of the molecule is CC1(C)Cc2cccc(OCC(=O)N3CCC(n4cc(C(=O)O)cn4)CC3)c2O1. The summed E-state index contributed by atoms with van der Waals surface area (Å²) in [7, 11) is 0. The first-order valence-electron chi connectivity index (χ1n) is 9.81. The average molecular weight is 399 g/mol. The molecule has 0 bridgehead atoms. The van der Waals surface area contributed by atoms with Crippen LogP contribution in [0.15, 0.2) is 30.6 Å². The Morgan fingerprint density at radius 1 is 1.31 bits per heavy atom. The Labute approximate surface area is 169 Å². The van der Waals surface area contributed by atoms with Gasteiger partial charge in [0, 0.05) is 31.3 Å². The molecule has 29 heavy (non-hydrogen) atoms. The van der Waals surface area contributed by atoms with E-state index in [-0.39, 0.29) is 29.7 Å². The van der Waals surface area contributed by atoms with Gasteiger partial charge in [-0.05, 0) is 32.8 Å². The van der Waals surface area contributed by atoms with Crippen molar-refractivity contribution in [2.24, 2.45) is 0 Å². The lowest BCUT2D eigenvalue weighted by Crippen LogP contribution is -2.41. The van der Waals surface area contributed by atoms with Crippen LogP contribution in [-0.4, -0.2) is 57.0 Å². The number of nitrogens with zero attached hydrogens (tertiary/aromatic N) is 3. The fourth-order valence-electron chi connectivity index (χ4n) is 3.96. The lowest BCUT2D eigenvalue weighted by Gasteiger charge is -2.32. The molecule has 8 heteroatoms. The Balaban J connectivity index is 1.31. The molecule has 2 aliphatic heterocycles. The van der Waals surface area contributed by atoms with Crippen LogP contribution >= 0.6 is 0 Å². The maximum atomic E-state index is 12.6. The second-order valence-corrected chi connectivity index (χ2v) is 8.20. The van der Waals surface area contributed by atoms with Crippen LogP contribution in [0.4, 0.5) is 0 Å². The van der Waals surface area contributed by atoms with Crippen LogP contribution in [0.2, 0.25) is 0 Å². The number of fused-ring (bicyclic) bond motifs is 1. The Hall–Kier alpha value is -3.03. The predicted octanol–water partition coefficient (Wildman–Crippen LogP) is 2.54. The van der Waals surface area contributed by atoms with E-state index in [1.165, 1.54) is 6.20 Å². The molecule has 0 aliphatic carbocycles. The van der Waals surface area contributed by atoms with Gasteiger partial charge in [0.25, 0.3) is 5.91 Å². The van der Waals surface area contributed by atoms with Crippen LogP contribution in [-0.2, 0) is 11.2 Å². The van der Waals surface area contributed by atoms with Gasteiger partial charge in [-0.3, -0.25) is 9.48 Å². The highest BCUT2D eigenvalue weighted by molar-refractivity contribution is 5.86. The normalized spacial score (nSPS) is 18.2. The molecule has 0 spiro atoms. The van der Waals surface area contributed by atoms with Gasteiger partial charge in [0.2, 0.25) is 0 Å². The molecule has 1 aromatic heterocycles. The summed E-state index contributed by atoms with van der Waals surface area (Å²) in [5, 5.41) is 13.2. The average Bonchev–Trinajstić information content (AvgIpc) is 3.29. The number of para-hydroxylation sites is 1. The molecule has 1 aromatic carbocycles. The number of ether oxygens (including phenoxy) is 2. The van der Waals surface area contributed by atoms with Gasteiger partial charge in [-0.2, -0.15) is 5.10 Å². The number of rotatable bonds is 5. The maximum absolute atomic E-state index is 12.6. The van der Waals surface area contributed by atoms with Gasteiger partial charge in [-0.25, -0.2) is 4.79 Å². The smallest absolute Gasteiger partial charge is 0.338 e. The first-order chi connectivity index (χ1) is 13.8. The molecule has 4 rings (SSSR count). The monoisotopic (exact) mass is 399 g/mol. The van der Waals surface area contributed by atoms with E-state index in [9.17, 15) is 9.59 Å². The summed E-state index contributed by atoms with van der Waals surface area (Å²) in [5.74, 6) is 0.289. The van der Waals surface area contributed by atoms with E-state index in [1.54, 1.807) is 15.8 Å². The third kappa shape index (κ3) is 4.06. The van der Waals surface area contributed by atoms with Gasteiger partial charge in [0.05, 0.1) is 17.8 Å². The van der Waals surface area contributed by atoms with Crippen LogP contribution in [0, 0.1) is 0 Å². The molecule has 8 nitrogen and oxygen atoms in total. The third-order valence-electron chi connectivity index (χ3n) is 5.45. The van der Waals surface area contributed by atoms with Crippen molar-refractivity contribution in [2.45, 2.75) is 44.8 Å². The van der Waals surface area contributed by atoms with E-state index in [1.807, 2.05) is 32.0 Å². The van der Waals surface area contributed by atoms with Crippen molar-refractivity contribution in [3.8, 4) is 11.5 Å². The van der Waals surface area contributed by atoms with Crippen LogP contribution in [0.25, 0.3) is 0 Å². The summed E-state index contributed by atoms with van der Waals surface area (Å²) in [6, 6.07) is 5.87. The highest BCUT2D eigenvalue weighted by Crippen LogP contribution is 2.41. The van der Waals surface area contributed by atoms with Crippen molar-refractivity contribution in [1.82, 2.24) is 14.7 Å². The van der Waals surface area contributed by atoms with Crippen molar-refractivity contribution in [1.29, 1.82) is 0 Å². The number of carboxylic acids is 1. The molecule has 154 valence electrons. The number of aromatic carboxylic acids is 1. The first-order valence-corrected chi connectivity index (χ1v) is 9.81. The summed E-state index contributed by atoms with van der Waals surface area (Å²) in [6.45, 7) is 5.21. The molecule has 1 amide bonds. The molecule has 0 unspecified atom stereocenters. The van der Waals surface area contributed by atoms with E-state index in [4.69, 9.17) is 14.6 Å². The predicted molar refractivity (Wildman–Crippen MR) is 104 cm³/mol. The van der Waals surface area contributed by atoms with Crippen LogP contribution in [0.3, 0.4) is 0 Å². The number of likely N-dealkylation sites (tertiary alicyclic amines) is 1. The molecule has 1 saturated heterocycles. The molecular formula is C21H25N3O5. The van der Waals surface area contributed by atoms with Crippen LogP contribution < -0.4 is 9.47 Å². The number of hydrogen-bond acceptors (Lipinski definition) is 5. The van der Waals surface area contributed by atoms with Crippen molar-refractivity contribution < 1.29 is 24.2 Å². The number of amides is 1.